The third kappa shape index (κ3) is 3.40. The first-order valence-corrected chi connectivity index (χ1v) is 9.15. The van der Waals surface area contributed by atoms with Gasteiger partial charge in [-0.25, -0.2) is 0 Å². The van der Waals surface area contributed by atoms with E-state index in [0.717, 1.165) is 34.1 Å². The summed E-state index contributed by atoms with van der Waals surface area (Å²) >= 11 is 0. The molecule has 0 spiro atoms. The molecule has 0 atom stereocenters. The standard InChI is InChI=1S/C22H22N4O/c1-15(2)17-3-4-18(25-13-17)8-12-26-14-20-21(22(26)27)19(7-11-24-20)16-5-9-23-10-6-16/h3-7,9-11,13-15,27H,8,12H2,1-2H3. The Kier molecular flexibility index (Phi) is 4.59. The predicted octanol–water partition coefficient (Wildman–Crippen LogP) is 4.57. The Morgan fingerprint density at radius 3 is 2.52 bits per heavy atom. The van der Waals surface area contributed by atoms with Gasteiger partial charge in [0.2, 0.25) is 5.88 Å². The molecule has 0 aliphatic heterocycles. The van der Waals surface area contributed by atoms with Crippen molar-refractivity contribution in [1.29, 1.82) is 0 Å². The maximum absolute atomic E-state index is 10.8. The lowest BCUT2D eigenvalue weighted by molar-refractivity contribution is 0.422. The van der Waals surface area contributed by atoms with Crippen LogP contribution < -0.4 is 0 Å². The molecule has 4 rings (SSSR count). The van der Waals surface area contributed by atoms with Gasteiger partial charge in [-0.1, -0.05) is 19.9 Å². The van der Waals surface area contributed by atoms with Gasteiger partial charge in [0.25, 0.3) is 0 Å². The molecule has 5 nitrogen and oxygen atoms in total. The van der Waals surface area contributed by atoms with E-state index in [-0.39, 0.29) is 5.88 Å². The van der Waals surface area contributed by atoms with E-state index in [1.165, 1.54) is 5.56 Å². The molecule has 4 aromatic rings. The molecule has 5 heteroatoms. The Balaban J connectivity index is 1.62. The minimum atomic E-state index is 0.240. The molecule has 1 N–H and O–H groups in total. The molecule has 136 valence electrons. The molecule has 0 radical (unpaired) electrons. The maximum Gasteiger partial charge on any atom is 0.201 e. The Hall–Kier alpha value is -3.21. The van der Waals surface area contributed by atoms with E-state index in [1.807, 2.05) is 35.2 Å². The van der Waals surface area contributed by atoms with Crippen LogP contribution in [-0.2, 0) is 13.0 Å². The molecule has 4 aromatic heterocycles. The summed E-state index contributed by atoms with van der Waals surface area (Å²) < 4.78 is 1.85. The summed E-state index contributed by atoms with van der Waals surface area (Å²) in [6.07, 6.45) is 9.86. The number of aryl methyl sites for hydroxylation is 2. The molecule has 0 bridgehead atoms. The van der Waals surface area contributed by atoms with Crippen molar-refractivity contribution in [2.75, 3.05) is 0 Å². The summed E-state index contributed by atoms with van der Waals surface area (Å²) in [6, 6.07) is 9.99. The Bertz CT molecular complexity index is 1050. The zero-order valence-electron chi connectivity index (χ0n) is 15.5. The van der Waals surface area contributed by atoms with Crippen LogP contribution >= 0.6 is 0 Å². The highest BCUT2D eigenvalue weighted by molar-refractivity contribution is 5.98. The van der Waals surface area contributed by atoms with Crippen molar-refractivity contribution >= 4 is 10.9 Å². The van der Waals surface area contributed by atoms with Crippen LogP contribution in [0, 0.1) is 0 Å². The van der Waals surface area contributed by atoms with Gasteiger partial charge in [-0.15, -0.1) is 0 Å². The number of pyridine rings is 3. The van der Waals surface area contributed by atoms with Crippen molar-refractivity contribution in [3.63, 3.8) is 0 Å². The quantitative estimate of drug-likeness (QED) is 0.568. The van der Waals surface area contributed by atoms with Crippen LogP contribution in [0.1, 0.15) is 31.0 Å². The van der Waals surface area contributed by atoms with Crippen LogP contribution in [0.15, 0.2) is 61.3 Å². The van der Waals surface area contributed by atoms with Crippen molar-refractivity contribution < 1.29 is 5.11 Å². The Morgan fingerprint density at radius 2 is 1.81 bits per heavy atom. The van der Waals surface area contributed by atoms with Gasteiger partial charge >= 0.3 is 0 Å². The molecule has 0 saturated heterocycles. The molecule has 0 aliphatic carbocycles. The maximum atomic E-state index is 10.8. The van der Waals surface area contributed by atoms with E-state index in [0.29, 0.717) is 12.5 Å². The minimum Gasteiger partial charge on any atom is -0.494 e. The summed E-state index contributed by atoms with van der Waals surface area (Å²) in [5.74, 6) is 0.715. The summed E-state index contributed by atoms with van der Waals surface area (Å²) in [7, 11) is 0. The Morgan fingerprint density at radius 1 is 1.00 bits per heavy atom. The number of rotatable bonds is 5. The van der Waals surface area contributed by atoms with Crippen LogP contribution in [0.25, 0.3) is 22.0 Å². The number of hydrogen-bond donors (Lipinski definition) is 1. The molecule has 0 fully saturated rings. The van der Waals surface area contributed by atoms with Crippen molar-refractivity contribution in [2.24, 2.45) is 0 Å². The fourth-order valence-corrected chi connectivity index (χ4v) is 3.27. The second-order valence-corrected chi connectivity index (χ2v) is 6.99. The van der Waals surface area contributed by atoms with Gasteiger partial charge in [-0.2, -0.15) is 0 Å². The van der Waals surface area contributed by atoms with E-state index >= 15 is 0 Å². The van der Waals surface area contributed by atoms with Crippen LogP contribution in [0.2, 0.25) is 0 Å². The van der Waals surface area contributed by atoms with Gasteiger partial charge < -0.3 is 9.67 Å². The van der Waals surface area contributed by atoms with E-state index in [2.05, 4.69) is 40.9 Å². The second-order valence-electron chi connectivity index (χ2n) is 6.99. The lowest BCUT2D eigenvalue weighted by Gasteiger charge is -2.08. The first kappa shape index (κ1) is 17.2. The highest BCUT2D eigenvalue weighted by atomic mass is 16.3. The molecule has 4 heterocycles. The van der Waals surface area contributed by atoms with Crippen molar-refractivity contribution in [1.82, 2.24) is 19.5 Å². The topological polar surface area (TPSA) is 63.8 Å². The van der Waals surface area contributed by atoms with Gasteiger partial charge in [0.15, 0.2) is 0 Å². The summed E-state index contributed by atoms with van der Waals surface area (Å²) in [5.41, 5.74) is 5.00. The average molecular weight is 358 g/mol. The van der Waals surface area contributed by atoms with Crippen LogP contribution in [0.5, 0.6) is 5.88 Å². The lowest BCUT2D eigenvalue weighted by atomic mass is 10.1. The van der Waals surface area contributed by atoms with Crippen molar-refractivity contribution in [3.8, 4) is 17.0 Å². The van der Waals surface area contributed by atoms with Gasteiger partial charge in [0, 0.05) is 49.6 Å². The lowest BCUT2D eigenvalue weighted by Crippen LogP contribution is -2.01. The fraction of sp³-hybridized carbons (Fsp3) is 0.227. The SMILES string of the molecule is CC(C)c1ccc(CCn2cc3nccc(-c4ccncc4)c3c2O)nc1. The van der Waals surface area contributed by atoms with Crippen LogP contribution in [0.4, 0.5) is 0 Å². The monoisotopic (exact) mass is 358 g/mol. The fourth-order valence-electron chi connectivity index (χ4n) is 3.27. The van der Waals surface area contributed by atoms with Crippen LogP contribution in [0.3, 0.4) is 0 Å². The predicted molar refractivity (Wildman–Crippen MR) is 107 cm³/mol. The zero-order valence-corrected chi connectivity index (χ0v) is 15.5. The number of hydrogen-bond acceptors (Lipinski definition) is 4. The van der Waals surface area contributed by atoms with Gasteiger partial charge in [-0.05, 0) is 46.9 Å². The number of nitrogens with zero attached hydrogens (tertiary/aromatic N) is 4. The van der Waals surface area contributed by atoms with E-state index in [1.54, 1.807) is 18.6 Å². The molecule has 0 aliphatic rings. The number of aromatic nitrogens is 4. The molecular formula is C22H22N4O. The third-order valence-electron chi connectivity index (χ3n) is 4.87. The Labute approximate surface area is 158 Å². The van der Waals surface area contributed by atoms with Crippen LogP contribution in [-0.4, -0.2) is 24.6 Å². The second kappa shape index (κ2) is 7.19. The molecule has 0 unspecified atom stereocenters. The van der Waals surface area contributed by atoms with Gasteiger partial charge in [0.05, 0.1) is 10.9 Å². The van der Waals surface area contributed by atoms with E-state index in [9.17, 15) is 5.11 Å². The summed E-state index contributed by atoms with van der Waals surface area (Å²) in [6.45, 7) is 4.97. The molecule has 0 amide bonds. The zero-order chi connectivity index (χ0) is 18.8. The summed E-state index contributed by atoms with van der Waals surface area (Å²) in [4.78, 5) is 13.0. The highest BCUT2D eigenvalue weighted by Gasteiger charge is 2.14. The molecule has 0 saturated carbocycles. The number of fused-ring (bicyclic) bond motifs is 1. The van der Waals surface area contributed by atoms with E-state index < -0.39 is 0 Å². The average Bonchev–Trinajstić information content (AvgIpc) is 3.03. The van der Waals surface area contributed by atoms with Gasteiger partial charge in [-0.3, -0.25) is 15.0 Å². The first-order valence-electron chi connectivity index (χ1n) is 9.15. The largest absolute Gasteiger partial charge is 0.494 e. The molecule has 0 aromatic carbocycles. The normalized spacial score (nSPS) is 11.4. The van der Waals surface area contributed by atoms with E-state index in [4.69, 9.17) is 0 Å². The summed E-state index contributed by atoms with van der Waals surface area (Å²) in [5, 5.41) is 11.6. The first-order chi connectivity index (χ1) is 13.1. The highest BCUT2D eigenvalue weighted by Crippen LogP contribution is 2.35. The molecule has 27 heavy (non-hydrogen) atoms. The smallest absolute Gasteiger partial charge is 0.201 e. The van der Waals surface area contributed by atoms with Crippen molar-refractivity contribution in [3.05, 3.63) is 72.6 Å². The number of aromatic hydroxyl groups is 1. The third-order valence-corrected chi connectivity index (χ3v) is 4.87. The minimum absolute atomic E-state index is 0.240. The van der Waals surface area contributed by atoms with Gasteiger partial charge in [0.1, 0.15) is 0 Å². The molecular weight excluding hydrogens is 336 g/mol. The van der Waals surface area contributed by atoms with Crippen molar-refractivity contribution in [2.45, 2.75) is 32.7 Å².